The largest absolute Gasteiger partial charge is 0.495 e. The number of hydrogen-bond donors (Lipinski definition) is 1. The summed E-state index contributed by atoms with van der Waals surface area (Å²) >= 11 is 0. The van der Waals surface area contributed by atoms with E-state index in [1.54, 1.807) is 7.11 Å². The third-order valence-electron chi connectivity index (χ3n) is 6.90. The second-order valence-corrected chi connectivity index (χ2v) is 8.88. The number of anilines is 1. The molecule has 1 atom stereocenters. The van der Waals surface area contributed by atoms with Crippen LogP contribution >= 0.6 is 0 Å². The number of nitrogens with zero attached hydrogens (tertiary/aromatic N) is 3. The van der Waals surface area contributed by atoms with Crippen molar-refractivity contribution in [2.75, 3.05) is 45.6 Å². The Bertz CT molecular complexity index is 1090. The Kier molecular flexibility index (Phi) is 6.42. The number of nitrogens with two attached hydrogens (primary N) is 1. The first-order chi connectivity index (χ1) is 16.2. The molecule has 5 nitrogen and oxygen atoms in total. The van der Waals surface area contributed by atoms with Crippen LogP contribution in [-0.4, -0.2) is 54.6 Å². The average molecular weight is 441 g/mol. The van der Waals surface area contributed by atoms with E-state index in [1.165, 1.54) is 22.4 Å². The number of fused-ring (bicyclic) bond motifs is 2. The van der Waals surface area contributed by atoms with Gasteiger partial charge in [-0.05, 0) is 53.3 Å². The van der Waals surface area contributed by atoms with E-state index in [0.717, 1.165) is 56.9 Å². The van der Waals surface area contributed by atoms with E-state index in [-0.39, 0.29) is 0 Å². The molecular formula is C28H32N4O. The summed E-state index contributed by atoms with van der Waals surface area (Å²) in [5.74, 6) is 0.722. The lowest BCUT2D eigenvalue weighted by Gasteiger charge is -2.40. The van der Waals surface area contributed by atoms with Crippen LogP contribution < -0.4 is 10.5 Å². The van der Waals surface area contributed by atoms with E-state index < -0.39 is 0 Å². The Morgan fingerprint density at radius 1 is 1.00 bits per heavy atom. The van der Waals surface area contributed by atoms with Crippen LogP contribution in [0.5, 0.6) is 5.75 Å². The van der Waals surface area contributed by atoms with Crippen LogP contribution in [0.1, 0.15) is 34.0 Å². The van der Waals surface area contributed by atoms with Crippen LogP contribution in [-0.2, 0) is 12.8 Å². The van der Waals surface area contributed by atoms with Gasteiger partial charge in [0.05, 0.1) is 18.8 Å². The van der Waals surface area contributed by atoms with Gasteiger partial charge in [0.1, 0.15) is 5.75 Å². The molecule has 5 rings (SSSR count). The molecule has 0 spiro atoms. The van der Waals surface area contributed by atoms with Crippen molar-refractivity contribution in [2.45, 2.75) is 18.9 Å². The summed E-state index contributed by atoms with van der Waals surface area (Å²) in [4.78, 5) is 9.91. The second-order valence-electron chi connectivity index (χ2n) is 8.88. The molecule has 1 aliphatic carbocycles. The Balaban J connectivity index is 1.26. The number of pyridine rings is 1. The zero-order valence-corrected chi connectivity index (χ0v) is 19.3. The van der Waals surface area contributed by atoms with E-state index in [0.29, 0.717) is 11.7 Å². The summed E-state index contributed by atoms with van der Waals surface area (Å²) < 4.78 is 5.25. The van der Waals surface area contributed by atoms with Crippen molar-refractivity contribution in [3.05, 3.63) is 94.8 Å². The van der Waals surface area contributed by atoms with Gasteiger partial charge in [0.2, 0.25) is 0 Å². The van der Waals surface area contributed by atoms with E-state index >= 15 is 0 Å². The van der Waals surface area contributed by atoms with Crippen LogP contribution in [0.2, 0.25) is 0 Å². The molecule has 1 fully saturated rings. The molecule has 1 aromatic heterocycles. The number of aromatic nitrogens is 1. The number of benzene rings is 2. The highest BCUT2D eigenvalue weighted by atomic mass is 16.5. The third kappa shape index (κ3) is 4.65. The molecule has 2 aliphatic rings. The molecule has 1 unspecified atom stereocenters. The molecule has 3 aromatic rings. The molecule has 1 saturated heterocycles. The molecule has 2 heterocycles. The number of ether oxygens (including phenoxy) is 1. The summed E-state index contributed by atoms with van der Waals surface area (Å²) in [5.41, 5.74) is 13.4. The smallest absolute Gasteiger partial charge is 0.141 e. The first-order valence-electron chi connectivity index (χ1n) is 11.8. The van der Waals surface area contributed by atoms with Crippen molar-refractivity contribution < 1.29 is 4.74 Å². The van der Waals surface area contributed by atoms with Crippen LogP contribution in [0.25, 0.3) is 6.08 Å². The first kappa shape index (κ1) is 21.7. The lowest BCUT2D eigenvalue weighted by Crippen LogP contribution is -2.47. The molecule has 0 amide bonds. The second kappa shape index (κ2) is 9.77. The van der Waals surface area contributed by atoms with Crippen LogP contribution in [0.15, 0.2) is 66.9 Å². The number of hydrogen-bond acceptors (Lipinski definition) is 5. The van der Waals surface area contributed by atoms with Gasteiger partial charge in [0.25, 0.3) is 0 Å². The van der Waals surface area contributed by atoms with E-state index in [9.17, 15) is 0 Å². The minimum Gasteiger partial charge on any atom is -0.495 e. The molecule has 170 valence electrons. The Morgan fingerprint density at radius 3 is 2.64 bits per heavy atom. The number of piperazine rings is 1. The molecule has 33 heavy (non-hydrogen) atoms. The number of aryl methyl sites for hydroxylation is 2. The Labute approximate surface area is 196 Å². The highest BCUT2D eigenvalue weighted by Crippen LogP contribution is 2.36. The lowest BCUT2D eigenvalue weighted by molar-refractivity contribution is 0.117. The zero-order valence-electron chi connectivity index (χ0n) is 19.3. The first-order valence-corrected chi connectivity index (χ1v) is 11.8. The standard InChI is InChI=1S/C28H32N4O/c1-33-27-13-10-21(20-25(27)29)6-5-15-31-16-18-32(19-17-31)28-23-8-3-2-7-22(23)11-12-26-24(28)9-4-14-30-26/h2-10,13-14,20,28H,11-12,15-19,29H2,1H3. The van der Waals surface area contributed by atoms with Crippen molar-refractivity contribution in [1.82, 2.24) is 14.8 Å². The molecule has 2 N–H and O–H groups in total. The van der Waals surface area contributed by atoms with Crippen LogP contribution in [0.4, 0.5) is 5.69 Å². The van der Waals surface area contributed by atoms with Gasteiger partial charge in [-0.25, -0.2) is 0 Å². The maximum atomic E-state index is 6.03. The van der Waals surface area contributed by atoms with Gasteiger partial charge in [0, 0.05) is 44.6 Å². The van der Waals surface area contributed by atoms with Gasteiger partial charge >= 0.3 is 0 Å². The molecule has 0 radical (unpaired) electrons. The highest BCUT2D eigenvalue weighted by Gasteiger charge is 2.31. The number of methoxy groups -OCH3 is 1. The zero-order chi connectivity index (χ0) is 22.6. The lowest BCUT2D eigenvalue weighted by atomic mass is 9.94. The van der Waals surface area contributed by atoms with Gasteiger partial charge in [-0.3, -0.25) is 14.8 Å². The average Bonchev–Trinajstić information content (AvgIpc) is 3.02. The normalized spacial score (nSPS) is 19.1. The van der Waals surface area contributed by atoms with Gasteiger partial charge in [-0.1, -0.05) is 48.6 Å². The third-order valence-corrected chi connectivity index (χ3v) is 6.90. The Hall–Kier alpha value is -3.15. The summed E-state index contributed by atoms with van der Waals surface area (Å²) in [6.45, 7) is 5.17. The molecule has 0 bridgehead atoms. The van der Waals surface area contributed by atoms with Crippen molar-refractivity contribution >= 4 is 11.8 Å². The predicted octanol–water partition coefficient (Wildman–Crippen LogP) is 4.19. The molecule has 5 heteroatoms. The maximum Gasteiger partial charge on any atom is 0.141 e. The van der Waals surface area contributed by atoms with Crippen molar-refractivity contribution in [3.8, 4) is 5.75 Å². The molecule has 0 saturated carbocycles. The topological polar surface area (TPSA) is 54.6 Å². The van der Waals surface area contributed by atoms with Gasteiger partial charge in [0.15, 0.2) is 0 Å². The van der Waals surface area contributed by atoms with Crippen molar-refractivity contribution in [1.29, 1.82) is 0 Å². The number of rotatable bonds is 5. The monoisotopic (exact) mass is 440 g/mol. The fourth-order valence-corrected chi connectivity index (χ4v) is 5.15. The van der Waals surface area contributed by atoms with Gasteiger partial charge in [-0.2, -0.15) is 0 Å². The molecular weight excluding hydrogens is 408 g/mol. The van der Waals surface area contributed by atoms with Crippen molar-refractivity contribution in [3.63, 3.8) is 0 Å². The van der Waals surface area contributed by atoms with Crippen molar-refractivity contribution in [2.24, 2.45) is 0 Å². The summed E-state index contributed by atoms with van der Waals surface area (Å²) in [6, 6.07) is 19.6. The quantitative estimate of drug-likeness (QED) is 0.603. The minimum atomic E-state index is 0.298. The van der Waals surface area contributed by atoms with E-state index in [2.05, 4.69) is 58.4 Å². The minimum absolute atomic E-state index is 0.298. The van der Waals surface area contributed by atoms with Crippen LogP contribution in [0.3, 0.4) is 0 Å². The molecule has 2 aromatic carbocycles. The summed E-state index contributed by atoms with van der Waals surface area (Å²) in [5, 5.41) is 0. The van der Waals surface area contributed by atoms with Gasteiger partial charge < -0.3 is 10.5 Å². The number of nitrogen functional groups attached to an aromatic ring is 1. The SMILES string of the molecule is COc1ccc(C=CCN2CCN(C3c4ccccc4CCc4ncccc43)CC2)cc1N. The highest BCUT2D eigenvalue weighted by molar-refractivity contribution is 5.61. The summed E-state index contributed by atoms with van der Waals surface area (Å²) in [6.07, 6.45) is 8.40. The Morgan fingerprint density at radius 2 is 1.82 bits per heavy atom. The summed E-state index contributed by atoms with van der Waals surface area (Å²) in [7, 11) is 1.64. The van der Waals surface area contributed by atoms with Crippen LogP contribution in [0, 0.1) is 0 Å². The fraction of sp³-hybridized carbons (Fsp3) is 0.321. The van der Waals surface area contributed by atoms with E-state index in [1.807, 2.05) is 24.4 Å². The molecule has 1 aliphatic heterocycles. The van der Waals surface area contributed by atoms with E-state index in [4.69, 9.17) is 15.5 Å². The maximum absolute atomic E-state index is 6.03. The van der Waals surface area contributed by atoms with Gasteiger partial charge in [-0.15, -0.1) is 0 Å². The fourth-order valence-electron chi connectivity index (χ4n) is 5.15. The predicted molar refractivity (Wildman–Crippen MR) is 134 cm³/mol.